The van der Waals surface area contributed by atoms with E-state index in [1.807, 2.05) is 12.1 Å². The first-order chi connectivity index (χ1) is 7.29. The average molecular weight is 244 g/mol. The molecule has 0 radical (unpaired) electrons. The van der Waals surface area contributed by atoms with E-state index in [1.165, 1.54) is 25.3 Å². The molecule has 1 atom stereocenters. The molecule has 1 aromatic rings. The molecule has 0 heterocycles. The van der Waals surface area contributed by atoms with Crippen LogP contribution in [-0.4, -0.2) is 0 Å². The van der Waals surface area contributed by atoms with Gasteiger partial charge in [-0.25, -0.2) is 4.39 Å². The van der Waals surface area contributed by atoms with Crippen molar-refractivity contribution < 1.29 is 4.39 Å². The fourth-order valence-electron chi connectivity index (χ4n) is 2.49. The quantitative estimate of drug-likeness (QED) is 0.840. The fraction of sp³-hybridized carbons (Fsp3) is 0.538. The molecule has 0 amide bonds. The van der Waals surface area contributed by atoms with Gasteiger partial charge in [0.25, 0.3) is 0 Å². The van der Waals surface area contributed by atoms with Crippen LogP contribution in [-0.2, 0) is 0 Å². The number of rotatable bonds is 2. The van der Waals surface area contributed by atoms with Gasteiger partial charge in [0.15, 0.2) is 0 Å². The van der Waals surface area contributed by atoms with Crippen molar-refractivity contribution in [1.29, 1.82) is 0 Å². The Morgan fingerprint density at radius 3 is 2.38 bits per heavy atom. The topological polar surface area (TPSA) is 26.0 Å². The zero-order valence-electron chi connectivity index (χ0n) is 9.36. The van der Waals surface area contributed by atoms with Gasteiger partial charge in [0.05, 0.1) is 0 Å². The Balaban J connectivity index is 0.00000128. The van der Waals surface area contributed by atoms with Crippen molar-refractivity contribution in [1.82, 2.24) is 0 Å². The average Bonchev–Trinajstić information content (AvgIpc) is 2.30. The molecule has 1 aliphatic rings. The molecule has 0 aromatic heterocycles. The van der Waals surface area contributed by atoms with Gasteiger partial charge in [-0.15, -0.1) is 12.4 Å². The second-order valence-electron chi connectivity index (χ2n) is 4.45. The van der Waals surface area contributed by atoms with E-state index in [-0.39, 0.29) is 24.3 Å². The summed E-state index contributed by atoms with van der Waals surface area (Å²) in [4.78, 5) is 0. The van der Waals surface area contributed by atoms with E-state index in [1.54, 1.807) is 6.07 Å². The summed E-state index contributed by atoms with van der Waals surface area (Å²) in [6, 6.07) is 6.77. The van der Waals surface area contributed by atoms with E-state index in [0.717, 1.165) is 12.8 Å². The molecule has 1 aromatic carbocycles. The predicted octanol–water partition coefficient (Wildman–Crippen LogP) is 3.83. The molecule has 1 fully saturated rings. The maximum Gasteiger partial charge on any atom is 0.127 e. The lowest BCUT2D eigenvalue weighted by molar-refractivity contribution is 0.303. The summed E-state index contributed by atoms with van der Waals surface area (Å²) in [5.74, 6) is 0.311. The summed E-state index contributed by atoms with van der Waals surface area (Å²) in [6.45, 7) is 0. The fourth-order valence-corrected chi connectivity index (χ4v) is 2.49. The SMILES string of the molecule is Cl.NC(c1ccccc1F)C1CCCCC1. The van der Waals surface area contributed by atoms with Crippen molar-refractivity contribution in [3.8, 4) is 0 Å². The molecule has 2 N–H and O–H groups in total. The third kappa shape index (κ3) is 2.96. The van der Waals surface area contributed by atoms with Crippen LogP contribution in [0.25, 0.3) is 0 Å². The Morgan fingerprint density at radius 2 is 1.75 bits per heavy atom. The van der Waals surface area contributed by atoms with Gasteiger partial charge in [0.1, 0.15) is 5.82 Å². The smallest absolute Gasteiger partial charge is 0.127 e. The maximum absolute atomic E-state index is 13.5. The molecule has 1 unspecified atom stereocenters. The van der Waals surface area contributed by atoms with Crippen LogP contribution < -0.4 is 5.73 Å². The minimum atomic E-state index is -0.157. The number of hydrogen-bond donors (Lipinski definition) is 1. The molecule has 1 aliphatic carbocycles. The van der Waals surface area contributed by atoms with Crippen LogP contribution in [0.15, 0.2) is 24.3 Å². The van der Waals surface area contributed by atoms with Crippen LogP contribution in [0.3, 0.4) is 0 Å². The zero-order valence-corrected chi connectivity index (χ0v) is 10.2. The molecule has 0 saturated heterocycles. The van der Waals surface area contributed by atoms with E-state index in [4.69, 9.17) is 5.73 Å². The first-order valence-corrected chi connectivity index (χ1v) is 5.79. The Bertz CT molecular complexity index is 323. The maximum atomic E-state index is 13.5. The summed E-state index contributed by atoms with van der Waals surface area (Å²) in [7, 11) is 0. The summed E-state index contributed by atoms with van der Waals surface area (Å²) >= 11 is 0. The van der Waals surface area contributed by atoms with Gasteiger partial charge in [0, 0.05) is 11.6 Å². The predicted molar refractivity (Wildman–Crippen MR) is 67.2 cm³/mol. The number of nitrogens with two attached hydrogens (primary N) is 1. The van der Waals surface area contributed by atoms with Gasteiger partial charge in [-0.05, 0) is 24.8 Å². The number of halogens is 2. The van der Waals surface area contributed by atoms with E-state index >= 15 is 0 Å². The minimum Gasteiger partial charge on any atom is -0.324 e. The molecule has 0 bridgehead atoms. The highest BCUT2D eigenvalue weighted by molar-refractivity contribution is 5.85. The largest absolute Gasteiger partial charge is 0.324 e. The van der Waals surface area contributed by atoms with Crippen LogP contribution in [0.2, 0.25) is 0 Å². The Labute approximate surface area is 103 Å². The van der Waals surface area contributed by atoms with Gasteiger partial charge >= 0.3 is 0 Å². The standard InChI is InChI=1S/C13H18FN.ClH/c14-12-9-5-4-8-11(12)13(15)10-6-2-1-3-7-10;/h4-5,8-10,13H,1-3,6-7,15H2;1H. The van der Waals surface area contributed by atoms with Crippen molar-refractivity contribution in [2.45, 2.75) is 38.1 Å². The molecule has 1 saturated carbocycles. The summed E-state index contributed by atoms with van der Waals surface area (Å²) < 4.78 is 13.5. The molecular formula is C13H19ClFN. The molecule has 16 heavy (non-hydrogen) atoms. The highest BCUT2D eigenvalue weighted by Gasteiger charge is 2.23. The Hall–Kier alpha value is -0.600. The van der Waals surface area contributed by atoms with Crippen molar-refractivity contribution >= 4 is 12.4 Å². The molecule has 1 nitrogen and oxygen atoms in total. The first kappa shape index (κ1) is 13.5. The van der Waals surface area contributed by atoms with Gasteiger partial charge in [0.2, 0.25) is 0 Å². The van der Waals surface area contributed by atoms with Crippen molar-refractivity contribution in [2.75, 3.05) is 0 Å². The van der Waals surface area contributed by atoms with Crippen molar-refractivity contribution in [3.63, 3.8) is 0 Å². The van der Waals surface area contributed by atoms with Crippen LogP contribution in [0.5, 0.6) is 0 Å². The lowest BCUT2D eigenvalue weighted by Gasteiger charge is -2.27. The molecule has 0 spiro atoms. The van der Waals surface area contributed by atoms with Gasteiger partial charge < -0.3 is 5.73 Å². The molecule has 2 rings (SSSR count). The lowest BCUT2D eigenvalue weighted by Crippen LogP contribution is -2.24. The highest BCUT2D eigenvalue weighted by Crippen LogP contribution is 2.33. The molecular weight excluding hydrogens is 225 g/mol. The lowest BCUT2D eigenvalue weighted by atomic mass is 9.81. The number of benzene rings is 1. The normalized spacial score (nSPS) is 18.9. The Kier molecular flexibility index (Phi) is 5.23. The van der Waals surface area contributed by atoms with E-state index < -0.39 is 0 Å². The van der Waals surface area contributed by atoms with Crippen LogP contribution in [0.4, 0.5) is 4.39 Å². The summed E-state index contributed by atoms with van der Waals surface area (Å²) in [5.41, 5.74) is 6.82. The molecule has 0 aliphatic heterocycles. The second kappa shape index (κ2) is 6.21. The van der Waals surface area contributed by atoms with E-state index in [0.29, 0.717) is 11.5 Å². The summed E-state index contributed by atoms with van der Waals surface area (Å²) in [6.07, 6.45) is 6.09. The van der Waals surface area contributed by atoms with Gasteiger partial charge in [-0.3, -0.25) is 0 Å². The van der Waals surface area contributed by atoms with Crippen LogP contribution in [0.1, 0.15) is 43.7 Å². The zero-order chi connectivity index (χ0) is 10.7. The van der Waals surface area contributed by atoms with E-state index in [2.05, 4.69) is 0 Å². The monoisotopic (exact) mass is 243 g/mol. The molecule has 3 heteroatoms. The van der Waals surface area contributed by atoms with Crippen LogP contribution >= 0.6 is 12.4 Å². The summed E-state index contributed by atoms with van der Waals surface area (Å²) in [5, 5.41) is 0. The third-order valence-electron chi connectivity index (χ3n) is 3.42. The second-order valence-corrected chi connectivity index (χ2v) is 4.45. The molecule has 90 valence electrons. The first-order valence-electron chi connectivity index (χ1n) is 5.79. The van der Waals surface area contributed by atoms with Crippen LogP contribution in [0, 0.1) is 11.7 Å². The van der Waals surface area contributed by atoms with Gasteiger partial charge in [-0.2, -0.15) is 0 Å². The van der Waals surface area contributed by atoms with Gasteiger partial charge in [-0.1, -0.05) is 37.5 Å². The Morgan fingerprint density at radius 1 is 1.12 bits per heavy atom. The highest BCUT2D eigenvalue weighted by atomic mass is 35.5. The minimum absolute atomic E-state index is 0. The number of hydrogen-bond acceptors (Lipinski definition) is 1. The van der Waals surface area contributed by atoms with Crippen molar-refractivity contribution in [2.24, 2.45) is 11.7 Å². The third-order valence-corrected chi connectivity index (χ3v) is 3.42. The van der Waals surface area contributed by atoms with E-state index in [9.17, 15) is 4.39 Å². The van der Waals surface area contributed by atoms with Crippen molar-refractivity contribution in [3.05, 3.63) is 35.6 Å².